The van der Waals surface area contributed by atoms with Gasteiger partial charge >= 0.3 is 0 Å². The summed E-state index contributed by atoms with van der Waals surface area (Å²) in [4.78, 5) is 14.6. The van der Waals surface area contributed by atoms with Crippen molar-refractivity contribution in [2.75, 3.05) is 18.0 Å². The van der Waals surface area contributed by atoms with Crippen LogP contribution in [0.15, 0.2) is 77.9 Å². The van der Waals surface area contributed by atoms with Crippen molar-refractivity contribution in [1.82, 2.24) is 5.43 Å². The van der Waals surface area contributed by atoms with Gasteiger partial charge in [0.15, 0.2) is 0 Å². The van der Waals surface area contributed by atoms with E-state index in [2.05, 4.69) is 60.5 Å². The molecule has 31 heavy (non-hydrogen) atoms. The van der Waals surface area contributed by atoms with E-state index in [9.17, 15) is 4.79 Å². The molecule has 0 aliphatic heterocycles. The van der Waals surface area contributed by atoms with Gasteiger partial charge in [0.05, 0.1) is 6.21 Å². The molecule has 3 aromatic carbocycles. The highest BCUT2D eigenvalue weighted by atomic mass is 16.5. The van der Waals surface area contributed by atoms with Gasteiger partial charge in [-0.1, -0.05) is 42.0 Å². The van der Waals surface area contributed by atoms with Gasteiger partial charge in [0.1, 0.15) is 12.4 Å². The van der Waals surface area contributed by atoms with Crippen LogP contribution in [0.1, 0.15) is 40.9 Å². The zero-order valence-corrected chi connectivity index (χ0v) is 18.3. The number of hydrazone groups is 1. The van der Waals surface area contributed by atoms with Crippen LogP contribution in [0.2, 0.25) is 0 Å². The lowest BCUT2D eigenvalue weighted by Gasteiger charge is -2.20. The lowest BCUT2D eigenvalue weighted by molar-refractivity contribution is 0.0955. The Bertz CT molecular complexity index is 990. The summed E-state index contributed by atoms with van der Waals surface area (Å²) in [6.45, 7) is 8.75. The maximum absolute atomic E-state index is 12.3. The number of aryl methyl sites for hydroxylation is 1. The zero-order valence-electron chi connectivity index (χ0n) is 18.3. The quantitative estimate of drug-likeness (QED) is 0.387. The average molecular weight is 416 g/mol. The first-order valence-electron chi connectivity index (χ1n) is 10.6. The van der Waals surface area contributed by atoms with Gasteiger partial charge in [0.25, 0.3) is 5.91 Å². The van der Waals surface area contributed by atoms with E-state index in [4.69, 9.17) is 4.74 Å². The number of nitrogens with one attached hydrogen (secondary N) is 1. The Kier molecular flexibility index (Phi) is 7.82. The second-order valence-corrected chi connectivity index (χ2v) is 7.26. The normalized spacial score (nSPS) is 10.8. The number of ether oxygens (including phenoxy) is 1. The van der Waals surface area contributed by atoms with E-state index in [1.165, 1.54) is 11.3 Å². The van der Waals surface area contributed by atoms with Gasteiger partial charge in [-0.25, -0.2) is 5.43 Å². The third-order valence-corrected chi connectivity index (χ3v) is 5.04. The molecule has 0 atom stereocenters. The standard InChI is InChI=1S/C26H29N3O2/c1-4-29(5-2)24-14-10-21(11-15-24)18-27-28-26(30)23-12-16-25(17-13-23)31-19-22-8-6-20(3)7-9-22/h6-18H,4-5,19H2,1-3H3,(H,28,30)/b27-18-. The smallest absolute Gasteiger partial charge is 0.271 e. The highest BCUT2D eigenvalue weighted by molar-refractivity contribution is 5.95. The fourth-order valence-corrected chi connectivity index (χ4v) is 3.14. The molecule has 0 heterocycles. The monoisotopic (exact) mass is 415 g/mol. The molecule has 0 spiro atoms. The molecule has 0 aliphatic rings. The Morgan fingerprint density at radius 2 is 1.58 bits per heavy atom. The van der Waals surface area contributed by atoms with E-state index in [0.717, 1.165) is 24.2 Å². The predicted molar refractivity (Wildman–Crippen MR) is 127 cm³/mol. The number of hydrogen-bond donors (Lipinski definition) is 1. The summed E-state index contributed by atoms with van der Waals surface area (Å²) < 4.78 is 5.78. The molecule has 3 aromatic rings. The van der Waals surface area contributed by atoms with Crippen LogP contribution >= 0.6 is 0 Å². The number of nitrogens with zero attached hydrogens (tertiary/aromatic N) is 2. The van der Waals surface area contributed by atoms with Crippen LogP contribution in [0.5, 0.6) is 5.75 Å². The molecule has 0 aliphatic carbocycles. The second-order valence-electron chi connectivity index (χ2n) is 7.26. The molecule has 0 bridgehead atoms. The number of hydrogen-bond acceptors (Lipinski definition) is 4. The number of amides is 1. The third-order valence-electron chi connectivity index (χ3n) is 5.04. The molecule has 5 heteroatoms. The van der Waals surface area contributed by atoms with Crippen molar-refractivity contribution in [2.45, 2.75) is 27.4 Å². The van der Waals surface area contributed by atoms with Crippen LogP contribution in [0.4, 0.5) is 5.69 Å². The zero-order chi connectivity index (χ0) is 22.1. The van der Waals surface area contributed by atoms with E-state index < -0.39 is 0 Å². The first kappa shape index (κ1) is 22.1. The number of carbonyl (C=O) groups is 1. The van der Waals surface area contributed by atoms with Gasteiger partial charge in [-0.2, -0.15) is 5.10 Å². The lowest BCUT2D eigenvalue weighted by atomic mass is 10.2. The Labute approximate surface area is 184 Å². The molecule has 0 unspecified atom stereocenters. The number of carbonyl (C=O) groups excluding carboxylic acids is 1. The topological polar surface area (TPSA) is 53.9 Å². The third kappa shape index (κ3) is 6.44. The summed E-state index contributed by atoms with van der Waals surface area (Å²) in [7, 11) is 0. The lowest BCUT2D eigenvalue weighted by Crippen LogP contribution is -2.21. The summed E-state index contributed by atoms with van der Waals surface area (Å²) in [5.41, 5.74) is 7.52. The van der Waals surface area contributed by atoms with Gasteiger partial charge in [0, 0.05) is 24.3 Å². The highest BCUT2D eigenvalue weighted by Gasteiger charge is 2.05. The van der Waals surface area contributed by atoms with Gasteiger partial charge in [-0.15, -0.1) is 0 Å². The molecule has 1 amide bonds. The van der Waals surface area contributed by atoms with Crippen molar-refractivity contribution in [3.63, 3.8) is 0 Å². The first-order chi connectivity index (χ1) is 15.1. The summed E-state index contributed by atoms with van der Waals surface area (Å²) in [5.74, 6) is 0.454. The summed E-state index contributed by atoms with van der Waals surface area (Å²) >= 11 is 0. The van der Waals surface area contributed by atoms with Crippen LogP contribution in [-0.2, 0) is 6.61 Å². The molecule has 0 aromatic heterocycles. The second kappa shape index (κ2) is 11.0. The minimum atomic E-state index is -0.263. The molecule has 3 rings (SSSR count). The molecular weight excluding hydrogens is 386 g/mol. The van der Waals surface area contributed by atoms with Crippen molar-refractivity contribution >= 4 is 17.8 Å². The molecule has 5 nitrogen and oxygen atoms in total. The van der Waals surface area contributed by atoms with E-state index in [0.29, 0.717) is 17.9 Å². The number of rotatable bonds is 9. The van der Waals surface area contributed by atoms with Crippen LogP contribution in [-0.4, -0.2) is 25.2 Å². The molecular formula is C26H29N3O2. The molecule has 160 valence electrons. The Morgan fingerprint density at radius 3 is 2.19 bits per heavy atom. The maximum Gasteiger partial charge on any atom is 0.271 e. The number of anilines is 1. The first-order valence-corrected chi connectivity index (χ1v) is 10.6. The molecule has 0 saturated carbocycles. The molecule has 0 fully saturated rings. The largest absolute Gasteiger partial charge is 0.489 e. The van der Waals surface area contributed by atoms with E-state index in [1.807, 2.05) is 24.3 Å². The van der Waals surface area contributed by atoms with Crippen LogP contribution in [0, 0.1) is 6.92 Å². The summed E-state index contributed by atoms with van der Waals surface area (Å²) in [6.07, 6.45) is 1.64. The molecule has 0 radical (unpaired) electrons. The van der Waals surface area contributed by atoms with E-state index >= 15 is 0 Å². The van der Waals surface area contributed by atoms with Crippen molar-refractivity contribution in [2.24, 2.45) is 5.10 Å². The Balaban J connectivity index is 1.50. The highest BCUT2D eigenvalue weighted by Crippen LogP contribution is 2.15. The van der Waals surface area contributed by atoms with Crippen LogP contribution in [0.3, 0.4) is 0 Å². The van der Waals surface area contributed by atoms with Crippen molar-refractivity contribution < 1.29 is 9.53 Å². The Morgan fingerprint density at radius 1 is 0.935 bits per heavy atom. The van der Waals surface area contributed by atoms with Gasteiger partial charge in [-0.3, -0.25) is 4.79 Å². The van der Waals surface area contributed by atoms with Gasteiger partial charge in [0.2, 0.25) is 0 Å². The van der Waals surface area contributed by atoms with Crippen LogP contribution in [0.25, 0.3) is 0 Å². The minimum Gasteiger partial charge on any atom is -0.489 e. The van der Waals surface area contributed by atoms with E-state index in [1.54, 1.807) is 30.5 Å². The van der Waals surface area contributed by atoms with Gasteiger partial charge < -0.3 is 9.64 Å². The van der Waals surface area contributed by atoms with Gasteiger partial charge in [-0.05, 0) is 68.3 Å². The number of benzene rings is 3. The fourth-order valence-electron chi connectivity index (χ4n) is 3.14. The predicted octanol–water partition coefficient (Wildman–Crippen LogP) is 5.18. The summed E-state index contributed by atoms with van der Waals surface area (Å²) in [5, 5.41) is 4.07. The Hall–Kier alpha value is -3.60. The van der Waals surface area contributed by atoms with E-state index in [-0.39, 0.29) is 5.91 Å². The van der Waals surface area contributed by atoms with Crippen molar-refractivity contribution in [3.8, 4) is 5.75 Å². The maximum atomic E-state index is 12.3. The van der Waals surface area contributed by atoms with Crippen molar-refractivity contribution in [3.05, 3.63) is 95.1 Å². The molecule has 0 saturated heterocycles. The summed E-state index contributed by atoms with van der Waals surface area (Å²) in [6, 6.07) is 23.4. The molecule has 1 N–H and O–H groups in total. The van der Waals surface area contributed by atoms with Crippen LogP contribution < -0.4 is 15.1 Å². The SMILES string of the molecule is CCN(CC)c1ccc(/C=N\NC(=O)c2ccc(OCc3ccc(C)cc3)cc2)cc1. The van der Waals surface area contributed by atoms with Crippen molar-refractivity contribution in [1.29, 1.82) is 0 Å². The average Bonchev–Trinajstić information content (AvgIpc) is 2.81. The minimum absolute atomic E-state index is 0.263. The fraction of sp³-hybridized carbons (Fsp3) is 0.231.